The monoisotopic (exact) mass is 246 g/mol. The lowest BCUT2D eigenvalue weighted by Crippen LogP contribution is -2.26. The molecule has 0 atom stereocenters. The van der Waals surface area contributed by atoms with Gasteiger partial charge in [0, 0.05) is 31.7 Å². The summed E-state index contributed by atoms with van der Waals surface area (Å²) in [4.78, 5) is 10.2. The number of hydrogen-bond acceptors (Lipinski definition) is 3. The van der Waals surface area contributed by atoms with Gasteiger partial charge in [0.05, 0.1) is 11.0 Å². The van der Waals surface area contributed by atoms with Gasteiger partial charge in [-0.1, -0.05) is 13.8 Å². The Kier molecular flexibility index (Phi) is 3.87. The molecule has 0 fully saturated rings. The fourth-order valence-electron chi connectivity index (χ4n) is 1.94. The van der Waals surface area contributed by atoms with E-state index in [1.807, 2.05) is 7.05 Å². The molecule has 0 aliphatic heterocycles. The van der Waals surface area contributed by atoms with E-state index in [0.29, 0.717) is 5.92 Å². The molecule has 1 heterocycles. The van der Waals surface area contributed by atoms with E-state index in [1.54, 1.807) is 0 Å². The van der Waals surface area contributed by atoms with Gasteiger partial charge in [-0.3, -0.25) is 0 Å². The average Bonchev–Trinajstić information content (AvgIpc) is 2.78. The van der Waals surface area contributed by atoms with E-state index in [9.17, 15) is 0 Å². The molecule has 0 saturated carbocycles. The lowest BCUT2D eigenvalue weighted by molar-refractivity contribution is 0.768. The van der Waals surface area contributed by atoms with Gasteiger partial charge in [0.1, 0.15) is 5.82 Å². The summed E-state index contributed by atoms with van der Waals surface area (Å²) < 4.78 is 0. The number of fused-ring (bicyclic) bond motifs is 1. The van der Waals surface area contributed by atoms with E-state index < -0.39 is 0 Å². The van der Waals surface area contributed by atoms with Crippen LogP contribution in [0.5, 0.6) is 0 Å². The number of rotatable bonds is 5. The van der Waals surface area contributed by atoms with Crippen molar-refractivity contribution in [2.75, 3.05) is 32.1 Å². The molecule has 4 heteroatoms. The number of anilines is 1. The topological polar surface area (TPSA) is 44.0 Å². The lowest BCUT2D eigenvalue weighted by Gasteiger charge is -2.18. The fraction of sp³-hybridized carbons (Fsp3) is 0.500. The van der Waals surface area contributed by atoms with E-state index in [-0.39, 0.29) is 0 Å². The number of benzene rings is 1. The van der Waals surface area contributed by atoms with E-state index in [4.69, 9.17) is 0 Å². The maximum atomic E-state index is 4.59. The Balaban J connectivity index is 2.26. The first kappa shape index (κ1) is 12.9. The minimum atomic E-state index is 0.433. The summed E-state index contributed by atoms with van der Waals surface area (Å²) in [7, 11) is 4.08. The van der Waals surface area contributed by atoms with Crippen LogP contribution in [0.4, 0.5) is 5.69 Å². The minimum absolute atomic E-state index is 0.433. The molecule has 0 aliphatic rings. The Morgan fingerprint density at radius 1 is 1.39 bits per heavy atom. The molecule has 0 radical (unpaired) electrons. The summed E-state index contributed by atoms with van der Waals surface area (Å²) in [5, 5.41) is 3.16. The Morgan fingerprint density at radius 3 is 2.83 bits per heavy atom. The molecule has 1 aromatic carbocycles. The number of likely N-dealkylation sites (N-methyl/N-ethyl adjacent to an activating group) is 2. The molecular weight excluding hydrogens is 224 g/mol. The van der Waals surface area contributed by atoms with Crippen molar-refractivity contribution in [2.24, 2.45) is 0 Å². The van der Waals surface area contributed by atoms with Gasteiger partial charge in [-0.25, -0.2) is 4.98 Å². The highest BCUT2D eigenvalue weighted by Crippen LogP contribution is 2.22. The maximum Gasteiger partial charge on any atom is 0.109 e. The van der Waals surface area contributed by atoms with Crippen molar-refractivity contribution in [3.05, 3.63) is 24.0 Å². The van der Waals surface area contributed by atoms with Gasteiger partial charge >= 0.3 is 0 Å². The number of imidazole rings is 1. The third-order valence-electron chi connectivity index (χ3n) is 3.17. The number of nitrogens with one attached hydrogen (secondary N) is 2. The van der Waals surface area contributed by atoms with Crippen LogP contribution < -0.4 is 10.2 Å². The summed E-state index contributed by atoms with van der Waals surface area (Å²) in [6.07, 6.45) is 0. The summed E-state index contributed by atoms with van der Waals surface area (Å²) in [5.74, 6) is 1.49. The molecule has 98 valence electrons. The number of nitrogens with zero attached hydrogens (tertiary/aromatic N) is 2. The molecule has 0 unspecified atom stereocenters. The average molecular weight is 246 g/mol. The van der Waals surface area contributed by atoms with Crippen LogP contribution >= 0.6 is 0 Å². The first-order valence-electron chi connectivity index (χ1n) is 6.47. The number of hydrogen-bond donors (Lipinski definition) is 2. The van der Waals surface area contributed by atoms with Crippen molar-refractivity contribution in [3.8, 4) is 0 Å². The Labute approximate surface area is 108 Å². The zero-order chi connectivity index (χ0) is 13.1. The molecule has 2 rings (SSSR count). The molecule has 2 N–H and O–H groups in total. The largest absolute Gasteiger partial charge is 0.373 e. The van der Waals surface area contributed by atoms with Gasteiger partial charge in [-0.2, -0.15) is 0 Å². The molecule has 1 aromatic heterocycles. The third-order valence-corrected chi connectivity index (χ3v) is 3.17. The molecule has 0 amide bonds. The quantitative estimate of drug-likeness (QED) is 0.851. The second kappa shape index (κ2) is 5.40. The highest BCUT2D eigenvalue weighted by molar-refractivity contribution is 5.79. The minimum Gasteiger partial charge on any atom is -0.373 e. The highest BCUT2D eigenvalue weighted by Gasteiger charge is 2.08. The highest BCUT2D eigenvalue weighted by atomic mass is 15.1. The Morgan fingerprint density at radius 2 is 2.17 bits per heavy atom. The number of H-pyrrole nitrogens is 1. The molecule has 0 aliphatic carbocycles. The molecule has 4 nitrogen and oxygen atoms in total. The van der Waals surface area contributed by atoms with Crippen molar-refractivity contribution >= 4 is 16.7 Å². The van der Waals surface area contributed by atoms with Crippen LogP contribution in [0.25, 0.3) is 11.0 Å². The Bertz CT molecular complexity index is 515. The number of aromatic amines is 1. The van der Waals surface area contributed by atoms with E-state index >= 15 is 0 Å². The summed E-state index contributed by atoms with van der Waals surface area (Å²) in [6, 6.07) is 6.38. The lowest BCUT2D eigenvalue weighted by atomic mass is 10.2. The number of aromatic nitrogens is 2. The van der Waals surface area contributed by atoms with Gasteiger partial charge in [0.15, 0.2) is 0 Å². The summed E-state index contributed by atoms with van der Waals surface area (Å²) >= 11 is 0. The SMILES string of the molecule is CNCCN(C)c1ccc2nc(C(C)C)[nH]c2c1. The van der Waals surface area contributed by atoms with Crippen LogP contribution in [0.1, 0.15) is 25.6 Å². The van der Waals surface area contributed by atoms with Gasteiger partial charge in [0.25, 0.3) is 0 Å². The molecule has 0 saturated heterocycles. The van der Waals surface area contributed by atoms with Crippen LogP contribution in [-0.4, -0.2) is 37.2 Å². The zero-order valence-electron chi connectivity index (χ0n) is 11.6. The summed E-state index contributed by atoms with van der Waals surface area (Å²) in [5.41, 5.74) is 3.38. The molecular formula is C14H22N4. The van der Waals surface area contributed by atoms with Crippen LogP contribution in [0.15, 0.2) is 18.2 Å². The standard InChI is InChI=1S/C14H22N4/c1-10(2)14-16-12-6-5-11(9-13(12)17-14)18(4)8-7-15-3/h5-6,9-10,15H,7-8H2,1-4H3,(H,16,17). The predicted octanol–water partition coefficient (Wildman–Crippen LogP) is 2.34. The van der Waals surface area contributed by atoms with Gasteiger partial charge in [-0.15, -0.1) is 0 Å². The molecule has 0 bridgehead atoms. The third kappa shape index (κ3) is 2.64. The van der Waals surface area contributed by atoms with Crippen molar-refractivity contribution in [3.63, 3.8) is 0 Å². The van der Waals surface area contributed by atoms with E-state index in [0.717, 1.165) is 29.9 Å². The molecule has 0 spiro atoms. The van der Waals surface area contributed by atoms with E-state index in [1.165, 1.54) is 5.69 Å². The maximum absolute atomic E-state index is 4.59. The molecule has 2 aromatic rings. The van der Waals surface area contributed by atoms with Gasteiger partial charge in [-0.05, 0) is 25.2 Å². The second-order valence-corrected chi connectivity index (χ2v) is 5.00. The van der Waals surface area contributed by atoms with Crippen LogP contribution in [0.3, 0.4) is 0 Å². The van der Waals surface area contributed by atoms with Crippen molar-refractivity contribution < 1.29 is 0 Å². The van der Waals surface area contributed by atoms with Crippen molar-refractivity contribution in [1.82, 2.24) is 15.3 Å². The first-order chi connectivity index (χ1) is 8.61. The smallest absolute Gasteiger partial charge is 0.109 e. The molecule has 18 heavy (non-hydrogen) atoms. The van der Waals surface area contributed by atoms with Gasteiger partial charge < -0.3 is 15.2 Å². The summed E-state index contributed by atoms with van der Waals surface area (Å²) in [6.45, 7) is 6.28. The predicted molar refractivity (Wildman–Crippen MR) is 77.4 cm³/mol. The van der Waals surface area contributed by atoms with Crippen molar-refractivity contribution in [2.45, 2.75) is 19.8 Å². The van der Waals surface area contributed by atoms with Crippen LogP contribution in [0, 0.1) is 0 Å². The van der Waals surface area contributed by atoms with Crippen LogP contribution in [0.2, 0.25) is 0 Å². The van der Waals surface area contributed by atoms with Gasteiger partial charge in [0.2, 0.25) is 0 Å². The zero-order valence-corrected chi connectivity index (χ0v) is 11.6. The Hall–Kier alpha value is -1.55. The normalized spacial score (nSPS) is 11.4. The fourth-order valence-corrected chi connectivity index (χ4v) is 1.94. The van der Waals surface area contributed by atoms with Crippen molar-refractivity contribution in [1.29, 1.82) is 0 Å². The first-order valence-corrected chi connectivity index (χ1v) is 6.47. The van der Waals surface area contributed by atoms with E-state index in [2.05, 4.69) is 59.3 Å². The second-order valence-electron chi connectivity index (χ2n) is 5.00. The van der Waals surface area contributed by atoms with Crippen LogP contribution in [-0.2, 0) is 0 Å².